The van der Waals surface area contributed by atoms with Crippen LogP contribution in [0.5, 0.6) is 0 Å². The Balaban J connectivity index is 0.000000305. The van der Waals surface area contributed by atoms with Crippen LogP contribution in [0.15, 0.2) is 34.3 Å². The Hall–Kier alpha value is -2.06. The van der Waals surface area contributed by atoms with Gasteiger partial charge in [-0.2, -0.15) is 9.98 Å². The van der Waals surface area contributed by atoms with E-state index >= 15 is 0 Å². The van der Waals surface area contributed by atoms with Gasteiger partial charge < -0.3 is 0 Å². The van der Waals surface area contributed by atoms with Gasteiger partial charge >= 0.3 is 0 Å². The molecule has 2 unspecified atom stereocenters. The highest BCUT2D eigenvalue weighted by molar-refractivity contribution is 5.41. The van der Waals surface area contributed by atoms with E-state index in [0.29, 0.717) is 0 Å². The maximum Gasteiger partial charge on any atom is 0.235 e. The van der Waals surface area contributed by atoms with E-state index in [-0.39, 0.29) is 0 Å². The van der Waals surface area contributed by atoms with Crippen LogP contribution in [0.1, 0.15) is 98.1 Å². The van der Waals surface area contributed by atoms with Gasteiger partial charge in [-0.15, -0.1) is 0 Å². The van der Waals surface area contributed by atoms with Crippen molar-refractivity contribution in [2.45, 2.75) is 110 Å². The molecule has 2 aliphatic rings. The largest absolute Gasteiger partial charge is 0.298 e. The Morgan fingerprint density at radius 3 is 1.81 bits per heavy atom. The van der Waals surface area contributed by atoms with E-state index in [1.807, 2.05) is 52.0 Å². The molecule has 1 saturated heterocycles. The van der Waals surface area contributed by atoms with Crippen molar-refractivity contribution in [3.63, 3.8) is 0 Å². The van der Waals surface area contributed by atoms with Gasteiger partial charge in [0.15, 0.2) is 0 Å². The molecule has 1 aliphatic heterocycles. The molecule has 1 saturated carbocycles. The molecule has 0 bridgehead atoms. The molecule has 1 aromatic carbocycles. The minimum Gasteiger partial charge on any atom is -0.298 e. The highest BCUT2D eigenvalue weighted by Gasteiger charge is 2.25. The summed E-state index contributed by atoms with van der Waals surface area (Å²) in [4.78, 5) is 31.0. The fourth-order valence-corrected chi connectivity index (χ4v) is 3.48. The van der Waals surface area contributed by atoms with Gasteiger partial charge in [0.05, 0.1) is 11.1 Å². The smallest absolute Gasteiger partial charge is 0.235 e. The zero-order chi connectivity index (χ0) is 23.5. The lowest BCUT2D eigenvalue weighted by Gasteiger charge is -2.27. The van der Waals surface area contributed by atoms with Crippen LogP contribution in [0, 0.1) is 0 Å². The number of hydrogen-bond donors (Lipinski definition) is 0. The quantitative estimate of drug-likeness (QED) is 0.397. The number of carbonyl (C=O) groups excluding carboxylic acids is 2. The molecule has 0 aromatic heterocycles. The summed E-state index contributed by atoms with van der Waals surface area (Å²) in [7, 11) is 0. The molecule has 0 amide bonds. The second kappa shape index (κ2) is 12.7. The first kappa shape index (κ1) is 27.0. The van der Waals surface area contributed by atoms with Crippen molar-refractivity contribution in [1.29, 1.82) is 0 Å². The van der Waals surface area contributed by atoms with Gasteiger partial charge in [0, 0.05) is 12.1 Å². The average Bonchev–Trinajstić information content (AvgIpc) is 3.55. The van der Waals surface area contributed by atoms with Crippen LogP contribution in [0.2, 0.25) is 0 Å². The molecule has 2 atom stereocenters. The molecule has 0 radical (unpaired) electrons. The lowest BCUT2D eigenvalue weighted by molar-refractivity contribution is 0.198. The third-order valence-electron chi connectivity index (χ3n) is 6.04. The molecule has 5 nitrogen and oxygen atoms in total. The summed E-state index contributed by atoms with van der Waals surface area (Å²) in [6.45, 7) is 15.6. The molecule has 1 heterocycles. The molecule has 0 spiro atoms. The van der Waals surface area contributed by atoms with Crippen LogP contribution in [0.3, 0.4) is 0 Å². The average molecular weight is 428 g/mol. The van der Waals surface area contributed by atoms with Gasteiger partial charge in [0.2, 0.25) is 12.2 Å². The van der Waals surface area contributed by atoms with Crippen LogP contribution in [0.4, 0.5) is 0 Å². The highest BCUT2D eigenvalue weighted by Crippen LogP contribution is 2.30. The fraction of sp³-hybridized carbons (Fsp3) is 0.692. The van der Waals surface area contributed by atoms with Crippen LogP contribution < -0.4 is 0 Å². The van der Waals surface area contributed by atoms with Gasteiger partial charge in [-0.05, 0) is 78.5 Å². The topological polar surface area (TPSA) is 62.1 Å². The summed E-state index contributed by atoms with van der Waals surface area (Å²) in [5.74, 6) is 0. The van der Waals surface area contributed by atoms with Crippen LogP contribution in [-0.4, -0.2) is 35.7 Å². The SMILES string of the molecule is C1CC1.CC(C)(N=C=O)c1cccc(C(C)(C)N=C=O)c1.CCC(C)N1CCCC1C. The maximum absolute atomic E-state index is 10.4. The summed E-state index contributed by atoms with van der Waals surface area (Å²) in [5.41, 5.74) is 0.465. The van der Waals surface area contributed by atoms with Crippen molar-refractivity contribution < 1.29 is 9.59 Å². The zero-order valence-corrected chi connectivity index (χ0v) is 20.6. The van der Waals surface area contributed by atoms with Gasteiger partial charge in [0.1, 0.15) is 0 Å². The molecule has 5 heteroatoms. The molecule has 31 heavy (non-hydrogen) atoms. The molecular weight excluding hydrogens is 386 g/mol. The first-order chi connectivity index (χ1) is 14.6. The summed E-state index contributed by atoms with van der Waals surface area (Å²) in [6.07, 6.45) is 11.8. The molecule has 1 aliphatic carbocycles. The fourth-order valence-electron chi connectivity index (χ4n) is 3.48. The van der Waals surface area contributed by atoms with Crippen molar-refractivity contribution in [3.8, 4) is 0 Å². The van der Waals surface area contributed by atoms with E-state index in [0.717, 1.165) is 23.2 Å². The van der Waals surface area contributed by atoms with Crippen molar-refractivity contribution in [2.24, 2.45) is 9.98 Å². The normalized spacial score (nSPS) is 18.9. The molecule has 172 valence electrons. The number of aliphatic imine (C=N–C) groups is 2. The third-order valence-corrected chi connectivity index (χ3v) is 6.04. The van der Waals surface area contributed by atoms with E-state index in [1.165, 1.54) is 45.1 Å². The second-order valence-electron chi connectivity index (χ2n) is 9.65. The molecular formula is C26H41N3O2. The Morgan fingerprint density at radius 2 is 1.48 bits per heavy atom. The van der Waals surface area contributed by atoms with E-state index in [9.17, 15) is 9.59 Å². The van der Waals surface area contributed by atoms with Crippen LogP contribution in [-0.2, 0) is 20.7 Å². The van der Waals surface area contributed by atoms with Gasteiger partial charge in [-0.3, -0.25) is 4.90 Å². The Morgan fingerprint density at radius 1 is 1.00 bits per heavy atom. The van der Waals surface area contributed by atoms with E-state index in [2.05, 4.69) is 35.7 Å². The first-order valence-corrected chi connectivity index (χ1v) is 11.6. The molecule has 2 fully saturated rings. The van der Waals surface area contributed by atoms with Crippen molar-refractivity contribution >= 4 is 12.2 Å². The van der Waals surface area contributed by atoms with Crippen LogP contribution >= 0.6 is 0 Å². The Bertz CT molecular complexity index is 725. The first-order valence-electron chi connectivity index (χ1n) is 11.6. The number of likely N-dealkylation sites (tertiary alicyclic amines) is 1. The predicted octanol–water partition coefficient (Wildman–Crippen LogP) is 6.27. The van der Waals surface area contributed by atoms with E-state index in [1.54, 1.807) is 12.2 Å². The van der Waals surface area contributed by atoms with Gasteiger partial charge in [-0.1, -0.05) is 50.5 Å². The number of benzene rings is 1. The van der Waals surface area contributed by atoms with Gasteiger partial charge in [-0.25, -0.2) is 9.59 Å². The summed E-state index contributed by atoms with van der Waals surface area (Å²) >= 11 is 0. The van der Waals surface area contributed by atoms with E-state index in [4.69, 9.17) is 0 Å². The molecule has 0 N–H and O–H groups in total. The summed E-state index contributed by atoms with van der Waals surface area (Å²) < 4.78 is 0. The lowest BCUT2D eigenvalue weighted by Crippen LogP contribution is -2.34. The second-order valence-corrected chi connectivity index (χ2v) is 9.65. The summed E-state index contributed by atoms with van der Waals surface area (Å²) in [6, 6.07) is 9.15. The Kier molecular flexibility index (Phi) is 11.1. The number of rotatable bonds is 6. The maximum atomic E-state index is 10.4. The standard InChI is InChI=1S/C14H16N2O2.C9H19N.C3H6/c1-13(2,15-9-17)11-6-5-7-12(8-11)14(3,4)16-10-18;1-4-8(2)10-7-5-6-9(10)3;1-2-3-1/h5-8H,1-4H3;8-9H,4-7H2,1-3H3;1-3H2. The minimum atomic E-state index is -0.640. The molecule has 3 rings (SSSR count). The molecule has 1 aromatic rings. The van der Waals surface area contributed by atoms with E-state index < -0.39 is 11.1 Å². The van der Waals surface area contributed by atoms with Gasteiger partial charge in [0.25, 0.3) is 0 Å². The third kappa shape index (κ3) is 9.31. The summed E-state index contributed by atoms with van der Waals surface area (Å²) in [5, 5.41) is 0. The van der Waals surface area contributed by atoms with Crippen molar-refractivity contribution in [3.05, 3.63) is 35.4 Å². The zero-order valence-electron chi connectivity index (χ0n) is 20.6. The highest BCUT2D eigenvalue weighted by atomic mass is 16.1. The lowest BCUT2D eigenvalue weighted by atomic mass is 9.88. The van der Waals surface area contributed by atoms with Crippen molar-refractivity contribution in [1.82, 2.24) is 4.90 Å². The van der Waals surface area contributed by atoms with Crippen LogP contribution in [0.25, 0.3) is 0 Å². The minimum absolute atomic E-state index is 0.640. The predicted molar refractivity (Wildman–Crippen MR) is 128 cm³/mol. The Labute approximate surface area is 189 Å². The number of nitrogens with zero attached hydrogens (tertiary/aromatic N) is 3. The number of hydrogen-bond acceptors (Lipinski definition) is 5. The monoisotopic (exact) mass is 427 g/mol. The number of isocyanates is 2. The van der Waals surface area contributed by atoms with Crippen molar-refractivity contribution in [2.75, 3.05) is 6.54 Å².